The average molecular weight is 265 g/mol. The Morgan fingerprint density at radius 1 is 1.33 bits per heavy atom. The number of methoxy groups -OCH3 is 1. The van der Waals surface area contributed by atoms with Gasteiger partial charge in [0.2, 0.25) is 0 Å². The van der Waals surface area contributed by atoms with Crippen LogP contribution in [0.1, 0.15) is 17.9 Å². The number of nitrogens with zero attached hydrogens (tertiary/aromatic N) is 1. The molecule has 0 aliphatic carbocycles. The van der Waals surface area contributed by atoms with Gasteiger partial charge in [-0.05, 0) is 48.7 Å². The number of pyridine rings is 1. The normalized spacial score (nSPS) is 18.6. The van der Waals surface area contributed by atoms with Crippen molar-refractivity contribution in [3.05, 3.63) is 36.0 Å². The lowest BCUT2D eigenvalue weighted by molar-refractivity contribution is 0.415. The molecule has 3 rings (SSSR count). The summed E-state index contributed by atoms with van der Waals surface area (Å²) < 4.78 is 5.30. The lowest BCUT2D eigenvalue weighted by Gasteiger charge is -2.12. The highest BCUT2D eigenvalue weighted by Gasteiger charge is 2.18. The van der Waals surface area contributed by atoms with E-state index in [-0.39, 0.29) is 12.4 Å². The minimum atomic E-state index is 0. The third kappa shape index (κ3) is 2.28. The molecule has 18 heavy (non-hydrogen) atoms. The second-order valence-electron chi connectivity index (χ2n) is 4.47. The van der Waals surface area contributed by atoms with E-state index in [1.54, 1.807) is 7.11 Å². The number of ether oxygens (including phenoxy) is 1. The van der Waals surface area contributed by atoms with Crippen molar-refractivity contribution in [3.63, 3.8) is 0 Å². The van der Waals surface area contributed by atoms with Crippen LogP contribution in [-0.4, -0.2) is 25.2 Å². The van der Waals surface area contributed by atoms with E-state index in [0.29, 0.717) is 5.92 Å². The van der Waals surface area contributed by atoms with Crippen molar-refractivity contribution < 1.29 is 4.74 Å². The standard InChI is InChI=1S/C14H16N2O.ClH/c1-17-11-2-3-14-13(8-11)12(5-7-16-14)10-4-6-15-9-10;/h2-3,5,7-8,10,15H,4,6,9H2,1H3;1H. The quantitative estimate of drug-likeness (QED) is 0.906. The molecule has 0 spiro atoms. The van der Waals surface area contributed by atoms with Gasteiger partial charge in [-0.3, -0.25) is 4.98 Å². The number of fused-ring (bicyclic) bond motifs is 1. The van der Waals surface area contributed by atoms with E-state index >= 15 is 0 Å². The first-order chi connectivity index (χ1) is 8.38. The third-order valence-corrected chi connectivity index (χ3v) is 3.48. The third-order valence-electron chi connectivity index (χ3n) is 3.48. The minimum absolute atomic E-state index is 0. The summed E-state index contributed by atoms with van der Waals surface area (Å²) in [5.74, 6) is 1.50. The molecule has 1 fully saturated rings. The Morgan fingerprint density at radius 2 is 2.22 bits per heavy atom. The van der Waals surface area contributed by atoms with Crippen molar-refractivity contribution in [2.45, 2.75) is 12.3 Å². The predicted molar refractivity (Wildman–Crippen MR) is 75.8 cm³/mol. The Hall–Kier alpha value is -1.32. The molecule has 0 saturated carbocycles. The number of halogens is 1. The van der Waals surface area contributed by atoms with E-state index < -0.39 is 0 Å². The van der Waals surface area contributed by atoms with Gasteiger partial charge in [0.05, 0.1) is 12.6 Å². The van der Waals surface area contributed by atoms with Gasteiger partial charge in [-0.15, -0.1) is 12.4 Å². The first-order valence-corrected chi connectivity index (χ1v) is 6.02. The molecule has 1 N–H and O–H groups in total. The summed E-state index contributed by atoms with van der Waals surface area (Å²) in [6, 6.07) is 8.22. The summed E-state index contributed by atoms with van der Waals surface area (Å²) in [7, 11) is 1.70. The molecular weight excluding hydrogens is 248 g/mol. The monoisotopic (exact) mass is 264 g/mol. The van der Waals surface area contributed by atoms with Gasteiger partial charge in [0.25, 0.3) is 0 Å². The molecule has 4 heteroatoms. The number of hydrogen-bond donors (Lipinski definition) is 1. The molecule has 2 heterocycles. The zero-order valence-electron chi connectivity index (χ0n) is 10.3. The molecule has 0 amide bonds. The van der Waals surface area contributed by atoms with Crippen LogP contribution >= 0.6 is 12.4 Å². The van der Waals surface area contributed by atoms with E-state index in [0.717, 1.165) is 24.4 Å². The maximum Gasteiger partial charge on any atom is 0.119 e. The molecule has 1 aromatic carbocycles. The summed E-state index contributed by atoms with van der Waals surface area (Å²) in [5, 5.41) is 4.64. The van der Waals surface area contributed by atoms with Gasteiger partial charge in [0, 0.05) is 18.1 Å². The Bertz CT molecular complexity index is 538. The maximum absolute atomic E-state index is 5.30. The number of hydrogen-bond acceptors (Lipinski definition) is 3. The molecule has 1 aliphatic heterocycles. The Kier molecular flexibility index (Phi) is 4.04. The van der Waals surface area contributed by atoms with Gasteiger partial charge in [-0.2, -0.15) is 0 Å². The first-order valence-electron chi connectivity index (χ1n) is 6.02. The van der Waals surface area contributed by atoms with E-state index in [9.17, 15) is 0 Å². The van der Waals surface area contributed by atoms with Gasteiger partial charge in [-0.1, -0.05) is 0 Å². The fourth-order valence-electron chi connectivity index (χ4n) is 2.55. The zero-order valence-corrected chi connectivity index (χ0v) is 11.2. The van der Waals surface area contributed by atoms with Crippen LogP contribution in [0.25, 0.3) is 10.9 Å². The maximum atomic E-state index is 5.30. The average Bonchev–Trinajstić information content (AvgIpc) is 2.91. The molecule has 1 unspecified atom stereocenters. The van der Waals surface area contributed by atoms with Gasteiger partial charge >= 0.3 is 0 Å². The molecule has 0 radical (unpaired) electrons. The molecular formula is C14H17ClN2O. The molecule has 1 atom stereocenters. The second-order valence-corrected chi connectivity index (χ2v) is 4.47. The lowest BCUT2D eigenvalue weighted by atomic mass is 9.95. The van der Waals surface area contributed by atoms with Gasteiger partial charge in [0.1, 0.15) is 5.75 Å². The van der Waals surface area contributed by atoms with Gasteiger partial charge < -0.3 is 10.1 Å². The number of aromatic nitrogens is 1. The Labute approximate surface area is 113 Å². The zero-order chi connectivity index (χ0) is 11.7. The Morgan fingerprint density at radius 3 is 2.94 bits per heavy atom. The highest BCUT2D eigenvalue weighted by Crippen LogP contribution is 2.30. The van der Waals surface area contributed by atoms with Gasteiger partial charge in [-0.25, -0.2) is 0 Å². The first kappa shape index (κ1) is 13.1. The van der Waals surface area contributed by atoms with Crippen LogP contribution in [-0.2, 0) is 0 Å². The van der Waals surface area contributed by atoms with E-state index in [4.69, 9.17) is 4.74 Å². The smallest absolute Gasteiger partial charge is 0.119 e. The van der Waals surface area contributed by atoms with Crippen molar-refractivity contribution in [2.24, 2.45) is 0 Å². The molecule has 0 bridgehead atoms. The number of benzene rings is 1. The van der Waals surface area contributed by atoms with E-state index in [1.807, 2.05) is 18.3 Å². The summed E-state index contributed by atoms with van der Waals surface area (Å²) in [5.41, 5.74) is 2.44. The largest absolute Gasteiger partial charge is 0.497 e. The van der Waals surface area contributed by atoms with Crippen LogP contribution in [0.5, 0.6) is 5.75 Å². The summed E-state index contributed by atoms with van der Waals surface area (Å²) >= 11 is 0. The van der Waals surface area contributed by atoms with Crippen LogP contribution in [0.15, 0.2) is 30.5 Å². The Balaban J connectivity index is 0.00000120. The van der Waals surface area contributed by atoms with Gasteiger partial charge in [0.15, 0.2) is 0 Å². The number of rotatable bonds is 2. The van der Waals surface area contributed by atoms with Crippen molar-refractivity contribution in [1.29, 1.82) is 0 Å². The highest BCUT2D eigenvalue weighted by molar-refractivity contribution is 5.85. The summed E-state index contributed by atoms with van der Waals surface area (Å²) in [4.78, 5) is 4.41. The van der Waals surface area contributed by atoms with E-state index in [2.05, 4.69) is 22.4 Å². The van der Waals surface area contributed by atoms with Crippen LogP contribution in [0, 0.1) is 0 Å². The van der Waals surface area contributed by atoms with Crippen LogP contribution in [0.4, 0.5) is 0 Å². The van der Waals surface area contributed by atoms with Crippen molar-refractivity contribution >= 4 is 23.3 Å². The molecule has 1 saturated heterocycles. The summed E-state index contributed by atoms with van der Waals surface area (Å²) in [6.45, 7) is 2.18. The highest BCUT2D eigenvalue weighted by atomic mass is 35.5. The van der Waals surface area contributed by atoms with Crippen LogP contribution < -0.4 is 10.1 Å². The summed E-state index contributed by atoms with van der Waals surface area (Å²) in [6.07, 6.45) is 3.11. The second kappa shape index (κ2) is 5.55. The molecule has 96 valence electrons. The van der Waals surface area contributed by atoms with Crippen molar-refractivity contribution in [2.75, 3.05) is 20.2 Å². The topological polar surface area (TPSA) is 34.1 Å². The van der Waals surface area contributed by atoms with E-state index in [1.165, 1.54) is 17.4 Å². The molecule has 3 nitrogen and oxygen atoms in total. The van der Waals surface area contributed by atoms with Crippen LogP contribution in [0.3, 0.4) is 0 Å². The SMILES string of the molecule is COc1ccc2nccc(C3CCNC3)c2c1.Cl. The van der Waals surface area contributed by atoms with Crippen molar-refractivity contribution in [1.82, 2.24) is 10.3 Å². The fraction of sp³-hybridized carbons (Fsp3) is 0.357. The fourth-order valence-corrected chi connectivity index (χ4v) is 2.55. The molecule has 1 aromatic heterocycles. The number of nitrogens with one attached hydrogen (secondary N) is 1. The minimum Gasteiger partial charge on any atom is -0.497 e. The van der Waals surface area contributed by atoms with Crippen LogP contribution in [0.2, 0.25) is 0 Å². The lowest BCUT2D eigenvalue weighted by Crippen LogP contribution is -2.08. The van der Waals surface area contributed by atoms with Crippen molar-refractivity contribution in [3.8, 4) is 5.75 Å². The predicted octanol–water partition coefficient (Wildman–Crippen LogP) is 2.74. The molecule has 2 aromatic rings. The molecule has 1 aliphatic rings.